The van der Waals surface area contributed by atoms with E-state index in [1.54, 1.807) is 12.3 Å². The molecule has 8 nitrogen and oxygen atoms in total. The Bertz CT molecular complexity index is 1120. The molecule has 0 spiro atoms. The van der Waals surface area contributed by atoms with Gasteiger partial charge in [-0.3, -0.25) is 0 Å². The quantitative estimate of drug-likeness (QED) is 0.456. The van der Waals surface area contributed by atoms with Crippen LogP contribution in [0.1, 0.15) is 51.5 Å². The van der Waals surface area contributed by atoms with E-state index in [-0.39, 0.29) is 18.0 Å². The molecule has 9 heteroatoms. The predicted molar refractivity (Wildman–Crippen MR) is 133 cm³/mol. The maximum absolute atomic E-state index is 15.2. The Morgan fingerprint density at radius 1 is 1.18 bits per heavy atom. The second kappa shape index (κ2) is 10.2. The summed E-state index contributed by atoms with van der Waals surface area (Å²) in [5.41, 5.74) is 2.82. The van der Waals surface area contributed by atoms with Crippen LogP contribution in [0.2, 0.25) is 0 Å². The first-order chi connectivity index (χ1) is 16.6. The number of aromatic nitrogens is 4. The van der Waals surface area contributed by atoms with Gasteiger partial charge >= 0.3 is 0 Å². The molecular weight excluding hydrogens is 433 g/mol. The third-order valence-electron chi connectivity index (χ3n) is 6.95. The summed E-state index contributed by atoms with van der Waals surface area (Å²) in [7, 11) is 0. The van der Waals surface area contributed by atoms with Crippen LogP contribution < -0.4 is 15.5 Å². The molecule has 5 rings (SSSR count). The van der Waals surface area contributed by atoms with Crippen molar-refractivity contribution in [3.05, 3.63) is 30.2 Å². The number of nitrogens with zero attached hydrogens (tertiary/aromatic N) is 5. The van der Waals surface area contributed by atoms with Crippen LogP contribution in [0.15, 0.2) is 24.4 Å². The zero-order valence-electron chi connectivity index (χ0n) is 19.8. The minimum Gasteiger partial charge on any atom is -0.393 e. The minimum atomic E-state index is -0.245. The lowest BCUT2D eigenvalue weighted by Crippen LogP contribution is -2.43. The Labute approximate surface area is 199 Å². The highest BCUT2D eigenvalue weighted by Crippen LogP contribution is 2.35. The third-order valence-corrected chi connectivity index (χ3v) is 6.95. The van der Waals surface area contributed by atoms with Gasteiger partial charge in [-0.05, 0) is 44.2 Å². The highest BCUT2D eigenvalue weighted by Gasteiger charge is 2.26. The highest BCUT2D eigenvalue weighted by atomic mass is 19.1. The SMILES string of the molecule is CCCCNc1ncc2c(-c3ccc(N4CCNCC4)c(F)c3)nn(C3CCC(O)CC3)c2n1. The van der Waals surface area contributed by atoms with E-state index in [1.807, 2.05) is 16.8 Å². The van der Waals surface area contributed by atoms with Crippen molar-refractivity contribution in [3.63, 3.8) is 0 Å². The summed E-state index contributed by atoms with van der Waals surface area (Å²) < 4.78 is 17.2. The number of benzene rings is 1. The average molecular weight is 468 g/mol. The fraction of sp³-hybridized carbons (Fsp3) is 0.560. The lowest BCUT2D eigenvalue weighted by molar-refractivity contribution is 0.109. The zero-order chi connectivity index (χ0) is 23.5. The van der Waals surface area contributed by atoms with Gasteiger partial charge in [0.1, 0.15) is 11.5 Å². The third kappa shape index (κ3) is 4.72. The summed E-state index contributed by atoms with van der Waals surface area (Å²) in [5, 5.41) is 22.4. The van der Waals surface area contributed by atoms with E-state index in [4.69, 9.17) is 10.1 Å². The molecule has 1 aromatic carbocycles. The van der Waals surface area contributed by atoms with Crippen molar-refractivity contribution >= 4 is 22.7 Å². The van der Waals surface area contributed by atoms with Crippen LogP contribution in [0.3, 0.4) is 0 Å². The predicted octanol–water partition coefficient (Wildman–Crippen LogP) is 3.73. The molecule has 1 saturated heterocycles. The van der Waals surface area contributed by atoms with Crippen molar-refractivity contribution < 1.29 is 9.50 Å². The maximum Gasteiger partial charge on any atom is 0.224 e. The van der Waals surface area contributed by atoms with Crippen molar-refractivity contribution in [2.45, 2.75) is 57.6 Å². The summed E-state index contributed by atoms with van der Waals surface area (Å²) in [5.74, 6) is 0.353. The first kappa shape index (κ1) is 23.0. The van der Waals surface area contributed by atoms with Gasteiger partial charge < -0.3 is 20.6 Å². The van der Waals surface area contributed by atoms with Gasteiger partial charge in [0.15, 0.2) is 5.65 Å². The Morgan fingerprint density at radius 3 is 2.71 bits per heavy atom. The smallest absolute Gasteiger partial charge is 0.224 e. The maximum atomic E-state index is 15.2. The number of halogens is 1. The number of fused-ring (bicyclic) bond motifs is 1. The van der Waals surface area contributed by atoms with Gasteiger partial charge in [0.25, 0.3) is 0 Å². The summed E-state index contributed by atoms with van der Waals surface area (Å²) in [6.45, 7) is 6.27. The second-order valence-corrected chi connectivity index (χ2v) is 9.37. The Kier molecular flexibility index (Phi) is 6.92. The summed E-state index contributed by atoms with van der Waals surface area (Å²) in [6, 6.07) is 5.55. The number of rotatable bonds is 7. The van der Waals surface area contributed by atoms with Gasteiger partial charge in [-0.25, -0.2) is 14.1 Å². The number of piperazine rings is 1. The van der Waals surface area contributed by atoms with Crippen LogP contribution in [0, 0.1) is 5.82 Å². The van der Waals surface area contributed by atoms with Crippen molar-refractivity contribution in [1.29, 1.82) is 0 Å². The Balaban J connectivity index is 1.52. The molecule has 0 bridgehead atoms. The van der Waals surface area contributed by atoms with Gasteiger partial charge in [-0.15, -0.1) is 0 Å². The molecule has 2 fully saturated rings. The van der Waals surface area contributed by atoms with Crippen LogP contribution >= 0.6 is 0 Å². The fourth-order valence-corrected chi connectivity index (χ4v) is 4.97. The minimum absolute atomic E-state index is 0.156. The molecule has 3 heterocycles. The molecule has 0 unspecified atom stereocenters. The van der Waals surface area contributed by atoms with Gasteiger partial charge in [0.2, 0.25) is 5.95 Å². The molecule has 3 N–H and O–H groups in total. The summed E-state index contributed by atoms with van der Waals surface area (Å²) in [4.78, 5) is 11.4. The standard InChI is InChI=1S/C25H34FN7O/c1-2-3-10-28-25-29-16-20-23(31-33(24(20)30-25)18-5-7-19(34)8-6-18)17-4-9-22(21(26)15-17)32-13-11-27-12-14-32/h4,9,15-16,18-19,27,34H,2-3,5-8,10-14H2,1H3,(H,28,29,30). The Hall–Kier alpha value is -2.78. The number of anilines is 2. The van der Waals surface area contributed by atoms with E-state index in [9.17, 15) is 5.11 Å². The molecule has 182 valence electrons. The molecule has 1 saturated carbocycles. The number of unbranched alkanes of at least 4 members (excludes halogenated alkanes) is 1. The molecule has 2 aliphatic rings. The van der Waals surface area contributed by atoms with E-state index in [1.165, 1.54) is 0 Å². The second-order valence-electron chi connectivity index (χ2n) is 9.37. The number of hydrogen-bond acceptors (Lipinski definition) is 7. The first-order valence-electron chi connectivity index (χ1n) is 12.6. The average Bonchev–Trinajstić information content (AvgIpc) is 3.24. The summed E-state index contributed by atoms with van der Waals surface area (Å²) in [6.07, 6.45) is 6.89. The van der Waals surface area contributed by atoms with Crippen molar-refractivity contribution in [2.24, 2.45) is 0 Å². The van der Waals surface area contributed by atoms with Crippen LogP contribution in [0.4, 0.5) is 16.0 Å². The zero-order valence-corrected chi connectivity index (χ0v) is 19.8. The number of aliphatic hydroxyl groups is 1. The lowest BCUT2D eigenvalue weighted by atomic mass is 9.93. The number of aliphatic hydroxyl groups excluding tert-OH is 1. The van der Waals surface area contributed by atoms with Gasteiger partial charge in [-0.1, -0.05) is 19.4 Å². The monoisotopic (exact) mass is 467 g/mol. The number of nitrogens with one attached hydrogen (secondary N) is 2. The molecule has 2 aromatic heterocycles. The topological polar surface area (TPSA) is 91.1 Å². The molecule has 0 radical (unpaired) electrons. The van der Waals surface area contributed by atoms with E-state index >= 15 is 4.39 Å². The lowest BCUT2D eigenvalue weighted by Gasteiger charge is -2.29. The first-order valence-corrected chi connectivity index (χ1v) is 12.6. The molecule has 34 heavy (non-hydrogen) atoms. The summed E-state index contributed by atoms with van der Waals surface area (Å²) >= 11 is 0. The van der Waals surface area contributed by atoms with Gasteiger partial charge in [-0.2, -0.15) is 10.1 Å². The molecule has 0 amide bonds. The molecule has 3 aromatic rings. The molecular formula is C25H34FN7O. The van der Waals surface area contributed by atoms with Crippen LogP contribution in [0.5, 0.6) is 0 Å². The molecule has 0 atom stereocenters. The van der Waals surface area contributed by atoms with E-state index in [2.05, 4.69) is 27.4 Å². The van der Waals surface area contributed by atoms with Crippen LogP contribution in [-0.4, -0.2) is 63.7 Å². The van der Waals surface area contributed by atoms with E-state index in [0.717, 1.165) is 87.8 Å². The molecule has 1 aliphatic carbocycles. The fourth-order valence-electron chi connectivity index (χ4n) is 4.97. The largest absolute Gasteiger partial charge is 0.393 e. The van der Waals surface area contributed by atoms with Crippen molar-refractivity contribution in [3.8, 4) is 11.3 Å². The number of hydrogen-bond donors (Lipinski definition) is 3. The highest BCUT2D eigenvalue weighted by molar-refractivity contribution is 5.91. The van der Waals surface area contributed by atoms with E-state index in [0.29, 0.717) is 17.3 Å². The van der Waals surface area contributed by atoms with Gasteiger partial charge in [0, 0.05) is 44.5 Å². The van der Waals surface area contributed by atoms with Crippen molar-refractivity contribution in [2.75, 3.05) is 42.9 Å². The van der Waals surface area contributed by atoms with Crippen molar-refractivity contribution in [1.82, 2.24) is 25.1 Å². The normalized spacial score (nSPS) is 21.2. The Morgan fingerprint density at radius 2 is 1.97 bits per heavy atom. The van der Waals surface area contributed by atoms with Crippen LogP contribution in [0.25, 0.3) is 22.3 Å². The molecule has 1 aliphatic heterocycles. The van der Waals surface area contributed by atoms with E-state index < -0.39 is 0 Å². The van der Waals surface area contributed by atoms with Crippen LogP contribution in [-0.2, 0) is 0 Å². The van der Waals surface area contributed by atoms with Gasteiger partial charge in [0.05, 0.1) is 23.2 Å².